The third-order valence-electron chi connectivity index (χ3n) is 2.14. The van der Waals surface area contributed by atoms with E-state index in [9.17, 15) is 9.59 Å². The maximum absolute atomic E-state index is 11.6. The van der Waals surface area contributed by atoms with Gasteiger partial charge in [-0.3, -0.25) is 4.79 Å². The highest BCUT2D eigenvalue weighted by Crippen LogP contribution is 2.04. The van der Waals surface area contributed by atoms with Crippen molar-refractivity contribution in [2.75, 3.05) is 0 Å². The quantitative estimate of drug-likeness (QED) is 0.618. The average Bonchev–Trinajstić information content (AvgIpc) is 2.29. The van der Waals surface area contributed by atoms with E-state index in [1.807, 2.05) is 30.3 Å². The van der Waals surface area contributed by atoms with Gasteiger partial charge in [-0.1, -0.05) is 36.9 Å². The van der Waals surface area contributed by atoms with E-state index in [1.54, 1.807) is 0 Å². The molecule has 1 N–H and O–H groups in total. The van der Waals surface area contributed by atoms with Crippen molar-refractivity contribution in [2.24, 2.45) is 0 Å². The summed E-state index contributed by atoms with van der Waals surface area (Å²) in [4.78, 5) is 22.6. The minimum absolute atomic E-state index is 0.271. The fourth-order valence-corrected chi connectivity index (χ4v) is 1.45. The van der Waals surface area contributed by atoms with Crippen molar-refractivity contribution in [3.63, 3.8) is 0 Å². The highest BCUT2D eigenvalue weighted by Gasteiger charge is 2.20. The van der Waals surface area contributed by atoms with Gasteiger partial charge in [-0.05, 0) is 5.56 Å². The third kappa shape index (κ3) is 4.51. The highest BCUT2D eigenvalue weighted by molar-refractivity contribution is 5.83. The van der Waals surface area contributed by atoms with Gasteiger partial charge in [-0.25, -0.2) is 4.79 Å². The van der Waals surface area contributed by atoms with Crippen LogP contribution in [0.3, 0.4) is 0 Å². The summed E-state index contributed by atoms with van der Waals surface area (Å²) >= 11 is 0. The van der Waals surface area contributed by atoms with Crippen molar-refractivity contribution in [1.29, 1.82) is 0 Å². The molecule has 0 aromatic heterocycles. The lowest BCUT2D eigenvalue weighted by Crippen LogP contribution is -2.41. The standard InChI is InChI=1S/C13H15NO3/c1-3-17-13(16)12(14-10(2)15)9-11-7-5-4-6-8-11/h3-8,12H,1,9H2,2H3,(H,14,15)/t12-/m0/s1. The number of rotatable bonds is 5. The van der Waals surface area contributed by atoms with Gasteiger partial charge >= 0.3 is 5.97 Å². The summed E-state index contributed by atoms with van der Waals surface area (Å²) in [6.07, 6.45) is 1.45. The van der Waals surface area contributed by atoms with E-state index in [0.717, 1.165) is 11.8 Å². The van der Waals surface area contributed by atoms with Crippen LogP contribution in [0.5, 0.6) is 0 Å². The van der Waals surface area contributed by atoms with E-state index in [1.165, 1.54) is 6.92 Å². The molecule has 0 aliphatic heterocycles. The Labute approximate surface area is 100 Å². The Kier molecular flexibility index (Phi) is 4.94. The fourth-order valence-electron chi connectivity index (χ4n) is 1.45. The molecular formula is C13H15NO3. The lowest BCUT2D eigenvalue weighted by Gasteiger charge is -2.15. The Hall–Kier alpha value is -2.10. The van der Waals surface area contributed by atoms with Crippen molar-refractivity contribution < 1.29 is 14.3 Å². The lowest BCUT2D eigenvalue weighted by atomic mass is 10.1. The molecule has 0 saturated heterocycles. The van der Waals surface area contributed by atoms with Gasteiger partial charge in [0.15, 0.2) is 0 Å². The number of esters is 1. The van der Waals surface area contributed by atoms with Crippen LogP contribution >= 0.6 is 0 Å². The Balaban J connectivity index is 2.73. The molecule has 1 aromatic carbocycles. The van der Waals surface area contributed by atoms with Crippen LogP contribution in [0.25, 0.3) is 0 Å². The second-order valence-corrected chi connectivity index (χ2v) is 3.55. The largest absolute Gasteiger partial charge is 0.434 e. The SMILES string of the molecule is C=COC(=O)[C@H](Cc1ccccc1)NC(C)=O. The van der Waals surface area contributed by atoms with Gasteiger partial charge in [-0.15, -0.1) is 0 Å². The average molecular weight is 233 g/mol. The van der Waals surface area contributed by atoms with Crippen molar-refractivity contribution >= 4 is 11.9 Å². The van der Waals surface area contributed by atoms with E-state index < -0.39 is 12.0 Å². The molecule has 17 heavy (non-hydrogen) atoms. The number of carbonyl (C=O) groups is 2. The summed E-state index contributed by atoms with van der Waals surface area (Å²) in [6.45, 7) is 4.67. The van der Waals surface area contributed by atoms with Crippen LogP contribution in [0.2, 0.25) is 0 Å². The predicted octanol–water partition coefficient (Wildman–Crippen LogP) is 1.42. The van der Waals surface area contributed by atoms with E-state index in [4.69, 9.17) is 0 Å². The molecule has 0 fully saturated rings. The van der Waals surface area contributed by atoms with Gasteiger partial charge in [0.25, 0.3) is 0 Å². The van der Waals surface area contributed by atoms with Crippen LogP contribution in [-0.4, -0.2) is 17.9 Å². The number of amides is 1. The number of benzene rings is 1. The van der Waals surface area contributed by atoms with Crippen LogP contribution in [0.1, 0.15) is 12.5 Å². The van der Waals surface area contributed by atoms with E-state index in [0.29, 0.717) is 6.42 Å². The first-order valence-corrected chi connectivity index (χ1v) is 5.26. The molecule has 4 nitrogen and oxygen atoms in total. The second kappa shape index (κ2) is 6.48. The van der Waals surface area contributed by atoms with Gasteiger partial charge in [0.05, 0.1) is 6.26 Å². The van der Waals surface area contributed by atoms with Crippen LogP contribution in [0.15, 0.2) is 43.2 Å². The Morgan fingerprint density at radius 2 is 2.06 bits per heavy atom. The minimum Gasteiger partial charge on any atom is -0.434 e. The van der Waals surface area contributed by atoms with Crippen LogP contribution < -0.4 is 5.32 Å². The van der Waals surface area contributed by atoms with Gasteiger partial charge in [-0.2, -0.15) is 0 Å². The molecule has 1 aromatic rings. The van der Waals surface area contributed by atoms with Crippen molar-refractivity contribution in [3.8, 4) is 0 Å². The van der Waals surface area contributed by atoms with E-state index in [2.05, 4.69) is 16.6 Å². The summed E-state index contributed by atoms with van der Waals surface area (Å²) in [5.74, 6) is -0.786. The summed E-state index contributed by atoms with van der Waals surface area (Å²) in [7, 11) is 0. The monoisotopic (exact) mass is 233 g/mol. The summed E-state index contributed by atoms with van der Waals surface area (Å²) in [5, 5.41) is 2.55. The molecule has 90 valence electrons. The van der Waals surface area contributed by atoms with Crippen LogP contribution in [-0.2, 0) is 20.7 Å². The molecule has 0 aliphatic rings. The Bertz CT molecular complexity index is 400. The normalized spacial score (nSPS) is 11.4. The van der Waals surface area contributed by atoms with Crippen molar-refractivity contribution in [3.05, 3.63) is 48.7 Å². The molecule has 1 rings (SSSR count). The number of hydrogen-bond acceptors (Lipinski definition) is 3. The maximum Gasteiger partial charge on any atom is 0.333 e. The number of carbonyl (C=O) groups excluding carboxylic acids is 2. The molecule has 1 amide bonds. The fraction of sp³-hybridized carbons (Fsp3) is 0.231. The molecule has 0 saturated carbocycles. The smallest absolute Gasteiger partial charge is 0.333 e. The van der Waals surface area contributed by atoms with Crippen molar-refractivity contribution in [2.45, 2.75) is 19.4 Å². The highest BCUT2D eigenvalue weighted by atomic mass is 16.5. The van der Waals surface area contributed by atoms with Crippen LogP contribution in [0, 0.1) is 0 Å². The molecule has 4 heteroatoms. The lowest BCUT2D eigenvalue weighted by molar-refractivity contribution is -0.142. The molecule has 0 heterocycles. The summed E-state index contributed by atoms with van der Waals surface area (Å²) in [5.41, 5.74) is 0.951. The number of hydrogen-bond donors (Lipinski definition) is 1. The summed E-state index contributed by atoms with van der Waals surface area (Å²) in [6, 6.07) is 8.72. The molecule has 0 unspecified atom stereocenters. The van der Waals surface area contributed by atoms with E-state index in [-0.39, 0.29) is 5.91 Å². The minimum atomic E-state index is -0.687. The first-order valence-electron chi connectivity index (χ1n) is 5.26. The van der Waals surface area contributed by atoms with Gasteiger partial charge in [0.1, 0.15) is 6.04 Å². The zero-order valence-corrected chi connectivity index (χ0v) is 9.68. The molecule has 0 aliphatic carbocycles. The summed E-state index contributed by atoms with van der Waals surface area (Å²) < 4.78 is 4.69. The molecule has 1 atom stereocenters. The zero-order valence-electron chi connectivity index (χ0n) is 9.68. The second-order valence-electron chi connectivity index (χ2n) is 3.55. The maximum atomic E-state index is 11.6. The predicted molar refractivity (Wildman–Crippen MR) is 64.0 cm³/mol. The van der Waals surface area contributed by atoms with Gasteiger partial charge in [0.2, 0.25) is 5.91 Å². The Morgan fingerprint density at radius 1 is 1.41 bits per heavy atom. The van der Waals surface area contributed by atoms with Gasteiger partial charge < -0.3 is 10.1 Å². The molecule has 0 spiro atoms. The first-order chi connectivity index (χ1) is 8.13. The first kappa shape index (κ1) is 13.0. The molecule has 0 bridgehead atoms. The third-order valence-corrected chi connectivity index (χ3v) is 2.14. The van der Waals surface area contributed by atoms with Gasteiger partial charge in [0, 0.05) is 13.3 Å². The number of ether oxygens (including phenoxy) is 1. The zero-order chi connectivity index (χ0) is 12.7. The number of nitrogens with one attached hydrogen (secondary N) is 1. The molecular weight excluding hydrogens is 218 g/mol. The topological polar surface area (TPSA) is 55.4 Å². The molecule has 0 radical (unpaired) electrons. The van der Waals surface area contributed by atoms with Crippen molar-refractivity contribution in [1.82, 2.24) is 5.32 Å². The Morgan fingerprint density at radius 3 is 2.59 bits per heavy atom. The van der Waals surface area contributed by atoms with E-state index >= 15 is 0 Å². The van der Waals surface area contributed by atoms with Crippen LogP contribution in [0.4, 0.5) is 0 Å².